The highest BCUT2D eigenvalue weighted by molar-refractivity contribution is 5.86. The maximum Gasteiger partial charge on any atom is 0.243 e. The maximum absolute atomic E-state index is 12.3. The SMILES string of the molecule is O=C(Cc1ccncc1)Nn1c(O)c2c(c1O)C1C=CC2C2CC12. The quantitative estimate of drug-likeness (QED) is 0.754. The van der Waals surface area contributed by atoms with E-state index in [0.29, 0.717) is 11.8 Å². The molecule has 2 bridgehead atoms. The van der Waals surface area contributed by atoms with Gasteiger partial charge in [-0.3, -0.25) is 15.2 Å². The second-order valence-corrected chi connectivity index (χ2v) is 6.88. The van der Waals surface area contributed by atoms with Crippen molar-refractivity contribution < 1.29 is 15.0 Å². The van der Waals surface area contributed by atoms with Crippen LogP contribution in [0, 0.1) is 11.8 Å². The van der Waals surface area contributed by atoms with Gasteiger partial charge in [-0.15, -0.1) is 0 Å². The van der Waals surface area contributed by atoms with E-state index in [1.807, 2.05) is 0 Å². The molecular formula is C18H17N3O3. The van der Waals surface area contributed by atoms with Gasteiger partial charge in [-0.2, -0.15) is 4.68 Å². The molecule has 3 N–H and O–H groups in total. The van der Waals surface area contributed by atoms with Crippen LogP contribution in [0.2, 0.25) is 0 Å². The van der Waals surface area contributed by atoms with Crippen molar-refractivity contribution in [1.82, 2.24) is 9.66 Å². The average molecular weight is 323 g/mol. The zero-order valence-corrected chi connectivity index (χ0v) is 12.9. The van der Waals surface area contributed by atoms with E-state index in [2.05, 4.69) is 22.6 Å². The van der Waals surface area contributed by atoms with Crippen LogP contribution in [0.1, 0.15) is 34.9 Å². The van der Waals surface area contributed by atoms with Crippen molar-refractivity contribution in [2.45, 2.75) is 24.7 Å². The molecule has 1 saturated carbocycles. The normalized spacial score (nSPS) is 28.3. The predicted molar refractivity (Wildman–Crippen MR) is 86.3 cm³/mol. The number of rotatable bonds is 3. The van der Waals surface area contributed by atoms with E-state index in [1.54, 1.807) is 24.5 Å². The minimum absolute atomic E-state index is 0.0460. The van der Waals surface area contributed by atoms with Gasteiger partial charge >= 0.3 is 0 Å². The van der Waals surface area contributed by atoms with Crippen LogP contribution in [0.4, 0.5) is 0 Å². The van der Waals surface area contributed by atoms with E-state index < -0.39 is 0 Å². The molecule has 2 aromatic heterocycles. The molecule has 6 rings (SSSR count). The van der Waals surface area contributed by atoms with Crippen LogP contribution in [0.15, 0.2) is 36.7 Å². The molecule has 1 amide bonds. The fourth-order valence-corrected chi connectivity index (χ4v) is 4.40. The number of aromatic hydroxyl groups is 2. The zero-order valence-electron chi connectivity index (χ0n) is 12.9. The second-order valence-electron chi connectivity index (χ2n) is 6.88. The van der Waals surface area contributed by atoms with E-state index in [-0.39, 0.29) is 35.9 Å². The third-order valence-electron chi connectivity index (χ3n) is 5.55. The number of pyridine rings is 1. The van der Waals surface area contributed by atoms with Gasteiger partial charge in [0.15, 0.2) is 0 Å². The minimum atomic E-state index is -0.301. The molecule has 0 aromatic carbocycles. The number of aromatic nitrogens is 2. The van der Waals surface area contributed by atoms with Gasteiger partial charge in [-0.25, -0.2) is 0 Å². The molecule has 0 spiro atoms. The summed E-state index contributed by atoms with van der Waals surface area (Å²) in [5.41, 5.74) is 4.99. The molecule has 0 aliphatic heterocycles. The summed E-state index contributed by atoms with van der Waals surface area (Å²) in [4.78, 5) is 16.2. The molecule has 1 fully saturated rings. The summed E-state index contributed by atoms with van der Waals surface area (Å²) in [6.45, 7) is 0. The number of nitrogens with one attached hydrogen (secondary N) is 1. The molecule has 2 heterocycles. The fraction of sp³-hybridized carbons (Fsp3) is 0.333. The third kappa shape index (κ3) is 1.76. The van der Waals surface area contributed by atoms with Crippen molar-refractivity contribution in [3.8, 4) is 11.8 Å². The van der Waals surface area contributed by atoms with Crippen LogP contribution in [0.5, 0.6) is 11.8 Å². The Kier molecular flexibility index (Phi) is 2.63. The topological polar surface area (TPSA) is 87.4 Å². The molecule has 0 radical (unpaired) electrons. The monoisotopic (exact) mass is 323 g/mol. The van der Waals surface area contributed by atoms with Crippen LogP contribution in [0.25, 0.3) is 0 Å². The third-order valence-corrected chi connectivity index (χ3v) is 5.55. The van der Waals surface area contributed by atoms with E-state index in [1.165, 1.54) is 0 Å². The molecule has 0 saturated heterocycles. The van der Waals surface area contributed by atoms with Crippen molar-refractivity contribution in [1.29, 1.82) is 0 Å². The highest BCUT2D eigenvalue weighted by Crippen LogP contribution is 2.67. The van der Waals surface area contributed by atoms with Gasteiger partial charge in [0.2, 0.25) is 17.7 Å². The first-order valence-electron chi connectivity index (χ1n) is 8.18. The smallest absolute Gasteiger partial charge is 0.243 e. The number of amides is 1. The first-order valence-corrected chi connectivity index (χ1v) is 8.18. The Hall–Kier alpha value is -2.76. The molecule has 4 unspecified atom stereocenters. The largest absolute Gasteiger partial charge is 0.493 e. The van der Waals surface area contributed by atoms with Crippen molar-refractivity contribution in [3.63, 3.8) is 0 Å². The number of allylic oxidation sites excluding steroid dienone is 2. The Labute approximate surface area is 138 Å². The van der Waals surface area contributed by atoms with Crippen LogP contribution in [0.3, 0.4) is 0 Å². The lowest BCUT2D eigenvalue weighted by Gasteiger charge is -2.29. The van der Waals surface area contributed by atoms with E-state index >= 15 is 0 Å². The Balaban J connectivity index is 1.45. The van der Waals surface area contributed by atoms with Gasteiger partial charge in [0.25, 0.3) is 0 Å². The van der Waals surface area contributed by atoms with Gasteiger partial charge in [-0.1, -0.05) is 12.2 Å². The van der Waals surface area contributed by atoms with Crippen molar-refractivity contribution in [3.05, 3.63) is 53.4 Å². The number of hydrogen-bond donors (Lipinski definition) is 3. The van der Waals surface area contributed by atoms with Crippen molar-refractivity contribution >= 4 is 5.91 Å². The summed E-state index contributed by atoms with van der Waals surface area (Å²) >= 11 is 0. The molecular weight excluding hydrogens is 306 g/mol. The molecule has 4 atom stereocenters. The first-order chi connectivity index (χ1) is 11.6. The lowest BCUT2D eigenvalue weighted by Crippen LogP contribution is -2.23. The van der Waals surface area contributed by atoms with E-state index in [0.717, 1.165) is 27.8 Å². The van der Waals surface area contributed by atoms with Crippen molar-refractivity contribution in [2.24, 2.45) is 11.8 Å². The standard InChI is InChI=1S/C18H17N3O3/c22-14(7-9-3-5-19-6-4-9)20-21-17(23)15-10-1-2-11(13-8-12(10)13)16(15)18(21)24/h1-6,10-13,23-24H,7-8H2,(H,20,22). The van der Waals surface area contributed by atoms with E-state index in [4.69, 9.17) is 0 Å². The summed E-state index contributed by atoms with van der Waals surface area (Å²) in [5, 5.41) is 21.1. The highest BCUT2D eigenvalue weighted by atomic mass is 16.3. The summed E-state index contributed by atoms with van der Waals surface area (Å²) in [6, 6.07) is 3.52. The Morgan fingerprint density at radius 2 is 1.71 bits per heavy atom. The Morgan fingerprint density at radius 1 is 1.12 bits per heavy atom. The van der Waals surface area contributed by atoms with Gasteiger partial charge in [0.05, 0.1) is 6.42 Å². The van der Waals surface area contributed by atoms with Crippen LogP contribution < -0.4 is 5.43 Å². The predicted octanol–water partition coefficient (Wildman–Crippen LogP) is 1.99. The lowest BCUT2D eigenvalue weighted by molar-refractivity contribution is -0.116. The molecule has 6 heteroatoms. The number of hydrogen-bond acceptors (Lipinski definition) is 4. The summed E-state index contributed by atoms with van der Waals surface area (Å²) in [7, 11) is 0. The number of nitrogens with zero attached hydrogens (tertiary/aromatic N) is 2. The molecule has 6 nitrogen and oxygen atoms in total. The molecule has 122 valence electrons. The van der Waals surface area contributed by atoms with Gasteiger partial charge in [0.1, 0.15) is 0 Å². The minimum Gasteiger partial charge on any atom is -0.493 e. The molecule has 4 aliphatic carbocycles. The summed E-state index contributed by atoms with van der Waals surface area (Å²) < 4.78 is 1.13. The molecule has 24 heavy (non-hydrogen) atoms. The van der Waals surface area contributed by atoms with Gasteiger partial charge in [-0.05, 0) is 36.0 Å². The van der Waals surface area contributed by atoms with Crippen LogP contribution in [-0.2, 0) is 11.2 Å². The Morgan fingerprint density at radius 3 is 2.29 bits per heavy atom. The summed E-state index contributed by atoms with van der Waals surface area (Å²) in [6.07, 6.45) is 8.81. The first kappa shape index (κ1) is 13.7. The highest BCUT2D eigenvalue weighted by Gasteiger charge is 2.57. The van der Waals surface area contributed by atoms with Crippen LogP contribution >= 0.6 is 0 Å². The van der Waals surface area contributed by atoms with Gasteiger partial charge in [0, 0.05) is 35.4 Å². The Bertz CT molecular complexity index is 830. The van der Waals surface area contributed by atoms with Crippen LogP contribution in [-0.4, -0.2) is 25.8 Å². The second kappa shape index (κ2) is 4.63. The van der Waals surface area contributed by atoms with Crippen molar-refractivity contribution in [2.75, 3.05) is 5.43 Å². The molecule has 4 aliphatic rings. The maximum atomic E-state index is 12.3. The van der Waals surface area contributed by atoms with Gasteiger partial charge < -0.3 is 10.2 Å². The average Bonchev–Trinajstić information content (AvgIpc) is 3.37. The van der Waals surface area contributed by atoms with E-state index in [9.17, 15) is 15.0 Å². The zero-order chi connectivity index (χ0) is 16.4. The lowest BCUT2D eigenvalue weighted by atomic mass is 9.73. The number of carbonyl (C=O) groups excluding carboxylic acids is 1. The summed E-state index contributed by atoms with van der Waals surface area (Å²) in [5.74, 6) is 1.05. The fourth-order valence-electron chi connectivity index (χ4n) is 4.40. The number of carbonyl (C=O) groups is 1. The molecule has 2 aromatic rings.